The molecule has 2 aromatic rings. The number of fused-ring (bicyclic) bond motifs is 2. The Bertz CT molecular complexity index is 1250. The van der Waals surface area contributed by atoms with Crippen molar-refractivity contribution in [3.05, 3.63) is 47.0 Å². The molecule has 0 unspecified atom stereocenters. The molecule has 1 aliphatic carbocycles. The molecule has 0 bridgehead atoms. The molecule has 3 aliphatic rings. The molecule has 2 aromatic carbocycles. The molecule has 9 nitrogen and oxygen atoms in total. The molecule has 0 radical (unpaired) electrons. The fourth-order valence-corrected chi connectivity index (χ4v) is 6.19. The lowest BCUT2D eigenvalue weighted by Gasteiger charge is -2.33. The molecule has 0 saturated carbocycles. The van der Waals surface area contributed by atoms with Crippen molar-refractivity contribution in [3.8, 4) is 11.5 Å². The minimum atomic E-state index is -3.56. The molecule has 1 saturated heterocycles. The molecule has 34 heavy (non-hydrogen) atoms. The lowest BCUT2D eigenvalue weighted by Crippen LogP contribution is -2.50. The van der Waals surface area contributed by atoms with Gasteiger partial charge in [-0.25, -0.2) is 8.42 Å². The van der Waals surface area contributed by atoms with Crippen LogP contribution in [0.15, 0.2) is 35.2 Å². The zero-order chi connectivity index (χ0) is 23.9. The first-order valence-electron chi connectivity index (χ1n) is 11.4. The smallest absolute Gasteiger partial charge is 0.243 e. The number of sulfonamides is 1. The summed E-state index contributed by atoms with van der Waals surface area (Å²) in [6.45, 7) is 3.11. The Kier molecular flexibility index (Phi) is 6.05. The molecule has 1 amide bonds. The Labute approximate surface area is 198 Å². The monoisotopic (exact) mass is 485 g/mol. The molecule has 0 aromatic heterocycles. The first kappa shape index (κ1) is 22.8. The van der Waals surface area contributed by atoms with E-state index in [2.05, 4.69) is 5.32 Å². The van der Waals surface area contributed by atoms with Gasteiger partial charge in [0.25, 0.3) is 0 Å². The fourth-order valence-electron chi connectivity index (χ4n) is 4.72. The highest BCUT2D eigenvalue weighted by molar-refractivity contribution is 7.89. The predicted octanol–water partition coefficient (Wildman–Crippen LogP) is 2.05. The van der Waals surface area contributed by atoms with Gasteiger partial charge in [-0.15, -0.1) is 0 Å². The van der Waals surface area contributed by atoms with Crippen LogP contribution >= 0.6 is 0 Å². The third-order valence-electron chi connectivity index (χ3n) is 6.57. The van der Waals surface area contributed by atoms with Gasteiger partial charge in [0.1, 0.15) is 0 Å². The number of amides is 1. The number of rotatable bonds is 6. The number of piperazine rings is 1. The number of Topliss-reactive ketones (excluding diaryl/α,β-unsaturated/α-hetero) is 1. The first-order valence-corrected chi connectivity index (χ1v) is 12.8. The Morgan fingerprint density at radius 3 is 2.41 bits per heavy atom. The van der Waals surface area contributed by atoms with Gasteiger partial charge in [0.15, 0.2) is 17.3 Å². The lowest BCUT2D eigenvalue weighted by atomic mass is 10.1. The summed E-state index contributed by atoms with van der Waals surface area (Å²) in [6, 6.07) is 8.62. The van der Waals surface area contributed by atoms with Crippen LogP contribution < -0.4 is 14.8 Å². The van der Waals surface area contributed by atoms with E-state index in [0.29, 0.717) is 53.8 Å². The van der Waals surface area contributed by atoms with Crippen LogP contribution in [0.25, 0.3) is 0 Å². The Morgan fingerprint density at radius 2 is 1.68 bits per heavy atom. The number of ether oxygens (including phenoxy) is 2. The number of nitrogens with zero attached hydrogens (tertiary/aromatic N) is 2. The number of carbonyl (C=O) groups is 2. The highest BCUT2D eigenvalue weighted by Crippen LogP contribution is 2.37. The van der Waals surface area contributed by atoms with Crippen molar-refractivity contribution in [1.82, 2.24) is 9.21 Å². The Balaban J connectivity index is 1.20. The van der Waals surface area contributed by atoms with E-state index in [1.807, 2.05) is 17.0 Å². The van der Waals surface area contributed by atoms with Crippen LogP contribution in [0, 0.1) is 0 Å². The molecule has 5 rings (SSSR count). The summed E-state index contributed by atoms with van der Waals surface area (Å²) in [6.07, 6.45) is 3.01. The van der Waals surface area contributed by atoms with Crippen molar-refractivity contribution in [1.29, 1.82) is 0 Å². The number of carbonyl (C=O) groups excluding carboxylic acids is 2. The molecule has 2 aliphatic heterocycles. The van der Waals surface area contributed by atoms with E-state index >= 15 is 0 Å². The number of hydrogen-bond acceptors (Lipinski definition) is 7. The zero-order valence-electron chi connectivity index (χ0n) is 19.0. The van der Waals surface area contributed by atoms with Crippen LogP contribution in [0.1, 0.15) is 34.8 Å². The Hall–Kier alpha value is -2.95. The molecular weight excluding hydrogens is 458 g/mol. The first-order chi connectivity index (χ1) is 16.3. The highest BCUT2D eigenvalue weighted by atomic mass is 32.2. The third-order valence-corrected chi connectivity index (χ3v) is 8.47. The maximum absolute atomic E-state index is 13.1. The van der Waals surface area contributed by atoms with Crippen molar-refractivity contribution in [2.75, 3.05) is 44.8 Å². The van der Waals surface area contributed by atoms with Gasteiger partial charge in [0, 0.05) is 37.8 Å². The summed E-state index contributed by atoms with van der Waals surface area (Å²) >= 11 is 0. The summed E-state index contributed by atoms with van der Waals surface area (Å²) in [5.41, 5.74) is 3.09. The SMILES string of the molecule is CC(=O)c1cc2c(cc1NC(=O)CN1CCN(S(=O)(=O)c3ccc4c(c3)CCC4)CC1)OCO2. The molecule has 2 heterocycles. The van der Waals surface area contributed by atoms with Gasteiger partial charge in [-0.1, -0.05) is 6.07 Å². The lowest BCUT2D eigenvalue weighted by molar-refractivity contribution is -0.117. The largest absolute Gasteiger partial charge is 0.454 e. The highest BCUT2D eigenvalue weighted by Gasteiger charge is 2.30. The summed E-state index contributed by atoms with van der Waals surface area (Å²) in [7, 11) is -3.56. The summed E-state index contributed by atoms with van der Waals surface area (Å²) in [5.74, 6) is 0.477. The predicted molar refractivity (Wildman–Crippen MR) is 125 cm³/mol. The number of nitrogens with one attached hydrogen (secondary N) is 1. The van der Waals surface area contributed by atoms with Crippen molar-refractivity contribution in [2.45, 2.75) is 31.1 Å². The van der Waals surface area contributed by atoms with E-state index in [0.717, 1.165) is 24.8 Å². The Morgan fingerprint density at radius 1 is 0.971 bits per heavy atom. The second kappa shape index (κ2) is 9.01. The van der Waals surface area contributed by atoms with Gasteiger partial charge in [0.05, 0.1) is 17.1 Å². The molecule has 1 N–H and O–H groups in total. The van der Waals surface area contributed by atoms with Crippen molar-refractivity contribution in [2.24, 2.45) is 0 Å². The van der Waals surface area contributed by atoms with Gasteiger partial charge in [-0.05, 0) is 55.5 Å². The zero-order valence-corrected chi connectivity index (χ0v) is 19.8. The van der Waals surface area contributed by atoms with Crippen molar-refractivity contribution >= 4 is 27.4 Å². The van der Waals surface area contributed by atoms with Gasteiger partial charge in [-0.2, -0.15) is 4.31 Å². The summed E-state index contributed by atoms with van der Waals surface area (Å²) < 4.78 is 38.4. The normalized spacial score (nSPS) is 18.0. The molecule has 0 spiro atoms. The van der Waals surface area contributed by atoms with E-state index in [1.54, 1.807) is 18.2 Å². The van der Waals surface area contributed by atoms with E-state index in [-0.39, 0.29) is 25.0 Å². The van der Waals surface area contributed by atoms with Crippen LogP contribution in [0.4, 0.5) is 5.69 Å². The molecular formula is C24H27N3O6S. The molecule has 10 heteroatoms. The number of ketones is 1. The topological polar surface area (TPSA) is 105 Å². The maximum atomic E-state index is 13.1. The van der Waals surface area contributed by atoms with E-state index in [9.17, 15) is 18.0 Å². The minimum Gasteiger partial charge on any atom is -0.454 e. The van der Waals surface area contributed by atoms with Gasteiger partial charge < -0.3 is 14.8 Å². The van der Waals surface area contributed by atoms with E-state index in [4.69, 9.17) is 9.47 Å². The van der Waals surface area contributed by atoms with Crippen molar-refractivity contribution in [3.63, 3.8) is 0 Å². The number of hydrogen-bond donors (Lipinski definition) is 1. The van der Waals surface area contributed by atoms with E-state index < -0.39 is 10.0 Å². The maximum Gasteiger partial charge on any atom is 0.243 e. The molecule has 180 valence electrons. The number of aryl methyl sites for hydroxylation is 2. The molecule has 1 fully saturated rings. The minimum absolute atomic E-state index is 0.0721. The molecule has 0 atom stereocenters. The summed E-state index contributed by atoms with van der Waals surface area (Å²) in [5, 5.41) is 2.79. The second-order valence-electron chi connectivity index (χ2n) is 8.82. The van der Waals surface area contributed by atoms with Crippen LogP contribution in [0.2, 0.25) is 0 Å². The third kappa shape index (κ3) is 4.40. The fraction of sp³-hybridized carbons (Fsp3) is 0.417. The van der Waals surface area contributed by atoms with Gasteiger partial charge in [0.2, 0.25) is 22.7 Å². The quantitative estimate of drug-likeness (QED) is 0.625. The average molecular weight is 486 g/mol. The summed E-state index contributed by atoms with van der Waals surface area (Å²) in [4.78, 5) is 27.0. The van der Waals surface area contributed by atoms with Crippen LogP contribution in [-0.4, -0.2) is 68.8 Å². The number of anilines is 1. The van der Waals surface area contributed by atoms with Gasteiger partial charge >= 0.3 is 0 Å². The number of benzene rings is 2. The van der Waals surface area contributed by atoms with Crippen molar-refractivity contribution < 1.29 is 27.5 Å². The van der Waals surface area contributed by atoms with Crippen LogP contribution in [-0.2, 0) is 27.7 Å². The van der Waals surface area contributed by atoms with Gasteiger partial charge in [-0.3, -0.25) is 14.5 Å². The average Bonchev–Trinajstić information content (AvgIpc) is 3.47. The second-order valence-corrected chi connectivity index (χ2v) is 10.8. The standard InChI is InChI=1S/C24H27N3O6S/c1-16(28)20-12-22-23(33-15-32-22)13-21(20)25-24(29)14-26-7-9-27(10-8-26)34(30,31)19-6-5-17-3-2-4-18(17)11-19/h5-6,11-13H,2-4,7-10,14-15H2,1H3,(H,25,29). The van der Waals surface area contributed by atoms with Crippen LogP contribution in [0.3, 0.4) is 0 Å². The van der Waals surface area contributed by atoms with Crippen LogP contribution in [0.5, 0.6) is 11.5 Å². The van der Waals surface area contributed by atoms with E-state index in [1.165, 1.54) is 16.8 Å².